The smallest absolute Gasteiger partial charge is 0.0920 e. The van der Waals surface area contributed by atoms with Crippen molar-refractivity contribution in [3.05, 3.63) is 127 Å². The van der Waals surface area contributed by atoms with Gasteiger partial charge in [0.25, 0.3) is 0 Å². The summed E-state index contributed by atoms with van der Waals surface area (Å²) in [5.41, 5.74) is 9.69. The molecule has 0 amide bonds. The van der Waals surface area contributed by atoms with Gasteiger partial charge in [-0.25, -0.2) is 0 Å². The van der Waals surface area contributed by atoms with Gasteiger partial charge in [-0.15, -0.1) is 34.0 Å². The molecule has 0 spiro atoms. The molecule has 0 aromatic heterocycles. The maximum Gasteiger partial charge on any atom is 0.0920 e. The molecule has 0 nitrogen and oxygen atoms in total. The van der Waals surface area contributed by atoms with Crippen LogP contribution < -0.4 is 20.7 Å². The van der Waals surface area contributed by atoms with Crippen LogP contribution in [0.4, 0.5) is 0 Å². The van der Waals surface area contributed by atoms with E-state index in [1.165, 1.54) is 66.5 Å². The van der Waals surface area contributed by atoms with Crippen molar-refractivity contribution in [2.75, 3.05) is 0 Å². The third-order valence-electron chi connectivity index (χ3n) is 9.47. The van der Waals surface area contributed by atoms with Crippen LogP contribution in [0.2, 0.25) is 39.3 Å². The molecular weight excluding hydrogens is 763 g/mol. The summed E-state index contributed by atoms with van der Waals surface area (Å²) in [6.07, 6.45) is 1.17. The summed E-state index contributed by atoms with van der Waals surface area (Å²) in [4.78, 5) is 0. The van der Waals surface area contributed by atoms with Crippen molar-refractivity contribution in [2.45, 2.75) is 65.5 Å². The SMILES string of the molecule is CCC(C)c1cc2c(-c3cc([Si](C)(C)C)cc([Si](C)(C)C)c3)c(-c3ccccc3)ccc2[cH-]1.[Cl][Zr+2][Cl].[c-]1cccc2c1[Si]c1ccccc1-2. The molecular formula is C43H46Cl2Si3Zr. The van der Waals surface area contributed by atoms with E-state index in [2.05, 4.69) is 168 Å². The molecule has 1 atom stereocenters. The number of halogens is 2. The first kappa shape index (κ1) is 38.1. The van der Waals surface area contributed by atoms with E-state index in [-0.39, 0.29) is 0 Å². The maximum atomic E-state index is 4.93. The van der Waals surface area contributed by atoms with E-state index in [9.17, 15) is 0 Å². The van der Waals surface area contributed by atoms with Gasteiger partial charge in [-0.05, 0) is 22.6 Å². The molecule has 1 aliphatic heterocycles. The normalized spacial score (nSPS) is 12.5. The summed E-state index contributed by atoms with van der Waals surface area (Å²) in [7, 11) is 7.73. The molecule has 0 N–H and O–H groups in total. The van der Waals surface area contributed by atoms with Gasteiger partial charge in [0.15, 0.2) is 0 Å². The molecule has 1 heterocycles. The predicted molar refractivity (Wildman–Crippen MR) is 223 cm³/mol. The van der Waals surface area contributed by atoms with Crippen molar-refractivity contribution in [1.82, 2.24) is 0 Å². The molecule has 2 radical (unpaired) electrons. The second kappa shape index (κ2) is 16.4. The van der Waals surface area contributed by atoms with Crippen LogP contribution in [0.5, 0.6) is 0 Å². The fraction of sp³-hybridized carbons (Fsp3) is 0.233. The van der Waals surface area contributed by atoms with E-state index in [0.717, 1.165) is 9.52 Å². The minimum absolute atomic E-state index is 0.580. The van der Waals surface area contributed by atoms with E-state index < -0.39 is 37.0 Å². The van der Waals surface area contributed by atoms with Crippen LogP contribution in [0.3, 0.4) is 0 Å². The Kier molecular flexibility index (Phi) is 12.8. The van der Waals surface area contributed by atoms with Gasteiger partial charge in [0.1, 0.15) is 0 Å². The number of rotatable bonds is 6. The molecule has 6 heteroatoms. The fourth-order valence-electron chi connectivity index (χ4n) is 6.36. The van der Waals surface area contributed by atoms with Crippen LogP contribution in [-0.4, -0.2) is 25.7 Å². The molecule has 0 saturated heterocycles. The van der Waals surface area contributed by atoms with E-state index in [1.807, 2.05) is 6.07 Å². The van der Waals surface area contributed by atoms with Gasteiger partial charge in [-0.1, -0.05) is 165 Å². The number of hydrogen-bond acceptors (Lipinski definition) is 0. The van der Waals surface area contributed by atoms with Crippen molar-refractivity contribution in [2.24, 2.45) is 0 Å². The average Bonchev–Trinajstić information content (AvgIpc) is 3.69. The first-order valence-electron chi connectivity index (χ1n) is 17.1. The quantitative estimate of drug-likeness (QED) is 0.116. The van der Waals surface area contributed by atoms with Crippen molar-refractivity contribution in [3.8, 4) is 33.4 Å². The number of hydrogen-bond donors (Lipinski definition) is 0. The third-order valence-corrected chi connectivity index (χ3v) is 14.9. The van der Waals surface area contributed by atoms with Gasteiger partial charge in [-0.3, -0.25) is 0 Å². The molecule has 0 aliphatic carbocycles. The van der Waals surface area contributed by atoms with Crippen LogP contribution in [0.1, 0.15) is 31.7 Å². The van der Waals surface area contributed by atoms with Crippen LogP contribution in [0, 0.1) is 6.07 Å². The van der Waals surface area contributed by atoms with Gasteiger partial charge >= 0.3 is 37.9 Å². The molecule has 0 bridgehead atoms. The van der Waals surface area contributed by atoms with Crippen molar-refractivity contribution in [3.63, 3.8) is 0 Å². The Morgan fingerprint density at radius 2 is 1.33 bits per heavy atom. The van der Waals surface area contributed by atoms with Crippen LogP contribution >= 0.6 is 17.0 Å². The summed E-state index contributed by atoms with van der Waals surface area (Å²) in [5.74, 6) is 0.580. The van der Waals surface area contributed by atoms with E-state index >= 15 is 0 Å². The summed E-state index contributed by atoms with van der Waals surface area (Å²) in [6, 6.07) is 46.3. The Morgan fingerprint density at radius 3 is 1.96 bits per heavy atom. The minimum Gasteiger partial charge on any atom is -0.184 e. The Labute approximate surface area is 318 Å². The van der Waals surface area contributed by atoms with Crippen molar-refractivity contribution >= 4 is 74.2 Å². The van der Waals surface area contributed by atoms with Gasteiger partial charge in [0, 0.05) is 0 Å². The topological polar surface area (TPSA) is 0 Å². The fourth-order valence-corrected chi connectivity index (χ4v) is 10.2. The average molecular weight is 809 g/mol. The summed E-state index contributed by atoms with van der Waals surface area (Å²) in [6.45, 7) is 19.5. The third kappa shape index (κ3) is 9.01. The minimum atomic E-state index is -1.47. The van der Waals surface area contributed by atoms with Crippen LogP contribution in [0.25, 0.3) is 44.2 Å². The van der Waals surface area contributed by atoms with E-state index in [4.69, 9.17) is 17.0 Å². The Balaban J connectivity index is 0.000000239. The molecule has 0 fully saturated rings. The number of fused-ring (bicyclic) bond motifs is 4. The zero-order chi connectivity index (χ0) is 35.3. The largest absolute Gasteiger partial charge is 0.184 e. The van der Waals surface area contributed by atoms with E-state index in [1.54, 1.807) is 10.4 Å². The first-order chi connectivity index (χ1) is 23.3. The van der Waals surface area contributed by atoms with Gasteiger partial charge in [-0.2, -0.15) is 35.5 Å². The second-order valence-corrected chi connectivity index (χ2v) is 30.1. The van der Waals surface area contributed by atoms with Gasteiger partial charge < -0.3 is 0 Å². The Bertz CT molecular complexity index is 1940. The number of benzene rings is 5. The second-order valence-electron chi connectivity index (χ2n) is 15.0. The first-order valence-corrected chi connectivity index (χ1v) is 31.5. The molecule has 0 saturated carbocycles. The van der Waals surface area contributed by atoms with Crippen molar-refractivity contribution < 1.29 is 20.8 Å². The maximum absolute atomic E-state index is 4.93. The van der Waals surface area contributed by atoms with Crippen LogP contribution in [0.15, 0.2) is 115 Å². The standard InChI is InChI=1S/C31H39Si2.C12H7Si.2ClH.Zr/c1-9-22(2)25-17-24-15-16-29(23-13-11-10-12-14-23)31(30(24)20-25)26-18-27(32(3,4)5)21-28(19-26)33(6,7)8;1-3-7-11-9(5-1)10-6-2-4-8-12(10)13-11;;;/h10-22H,9H2,1-8H3;1-7H;2*1H;/q2*-1;;;+4/p-2. The molecule has 6 aromatic carbocycles. The monoisotopic (exact) mass is 806 g/mol. The summed E-state index contributed by atoms with van der Waals surface area (Å²) < 4.78 is 0. The molecule has 7 rings (SSSR count). The molecule has 1 aliphatic rings. The zero-order valence-electron chi connectivity index (χ0n) is 30.0. The van der Waals surface area contributed by atoms with Crippen LogP contribution in [-0.2, 0) is 20.8 Å². The molecule has 248 valence electrons. The zero-order valence-corrected chi connectivity index (χ0v) is 37.0. The van der Waals surface area contributed by atoms with Gasteiger partial charge in [0.05, 0.1) is 25.7 Å². The Hall–Kier alpha value is -2.18. The molecule has 49 heavy (non-hydrogen) atoms. The Morgan fingerprint density at radius 1 is 0.714 bits per heavy atom. The predicted octanol–water partition coefficient (Wildman–Crippen LogP) is 11.0. The molecule has 1 unspecified atom stereocenters. The molecule has 6 aromatic rings. The summed E-state index contributed by atoms with van der Waals surface area (Å²) >= 11 is -0.826. The summed E-state index contributed by atoms with van der Waals surface area (Å²) in [5, 5.41) is 8.74. The van der Waals surface area contributed by atoms with E-state index in [0.29, 0.717) is 5.92 Å². The van der Waals surface area contributed by atoms with Gasteiger partial charge in [0.2, 0.25) is 0 Å². The van der Waals surface area contributed by atoms with Crippen molar-refractivity contribution in [1.29, 1.82) is 0 Å².